The lowest BCUT2D eigenvalue weighted by Crippen LogP contribution is -2.14. The minimum Gasteiger partial charge on any atom is -0.459 e. The van der Waals surface area contributed by atoms with Crippen LogP contribution in [0.25, 0.3) is 0 Å². The highest BCUT2D eigenvalue weighted by Crippen LogP contribution is 2.34. The second kappa shape index (κ2) is 10.0. The quantitative estimate of drug-likeness (QED) is 0.250. The Bertz CT molecular complexity index is 1370. The van der Waals surface area contributed by atoms with E-state index in [4.69, 9.17) is 4.42 Å². The molecule has 170 valence electrons. The minimum absolute atomic E-state index is 0.00692. The van der Waals surface area contributed by atoms with Gasteiger partial charge in [0, 0.05) is 33.3 Å². The molecule has 8 nitrogen and oxygen atoms in total. The molecule has 2 N–H and O–H groups in total. The number of nitro benzene ring substituents is 1. The number of benzene rings is 3. The zero-order valence-corrected chi connectivity index (χ0v) is 18.2. The van der Waals surface area contributed by atoms with E-state index in [1.54, 1.807) is 42.5 Å². The lowest BCUT2D eigenvalue weighted by molar-refractivity contribution is -0.384. The Kier molecular flexibility index (Phi) is 6.69. The van der Waals surface area contributed by atoms with E-state index < -0.39 is 22.6 Å². The number of halogens is 1. The van der Waals surface area contributed by atoms with Crippen LogP contribution in [0.15, 0.2) is 99.3 Å². The summed E-state index contributed by atoms with van der Waals surface area (Å²) in [7, 11) is 0. The van der Waals surface area contributed by atoms with Gasteiger partial charge in [-0.1, -0.05) is 30.0 Å². The summed E-state index contributed by atoms with van der Waals surface area (Å²) < 4.78 is 19.2. The fourth-order valence-corrected chi connectivity index (χ4v) is 3.96. The molecule has 0 aliphatic carbocycles. The molecule has 0 saturated carbocycles. The van der Waals surface area contributed by atoms with Crippen LogP contribution in [-0.4, -0.2) is 16.7 Å². The maximum absolute atomic E-state index is 14.1. The number of nitrogens with one attached hydrogen (secondary N) is 2. The molecule has 0 spiro atoms. The van der Waals surface area contributed by atoms with Crippen LogP contribution in [0.3, 0.4) is 0 Å². The number of carbonyl (C=O) groups is 2. The first-order chi connectivity index (χ1) is 16.4. The van der Waals surface area contributed by atoms with Crippen molar-refractivity contribution in [3.05, 3.63) is 112 Å². The molecule has 0 fully saturated rings. The number of anilines is 2. The standard InChI is InChI=1S/C24H16FN3O5S/c25-19-7-1-2-9-22(19)34-21-11-10-17(28(31)32)14-18(21)23(29)26-15-5-3-6-16(13-15)27-24(30)20-8-4-12-33-20/h1-14H,(H,26,29)(H,27,30). The number of hydrogen-bond donors (Lipinski definition) is 2. The Morgan fingerprint density at radius 1 is 0.853 bits per heavy atom. The number of hydrogen-bond acceptors (Lipinski definition) is 6. The van der Waals surface area contributed by atoms with Crippen LogP contribution in [0.1, 0.15) is 20.9 Å². The monoisotopic (exact) mass is 477 g/mol. The van der Waals surface area contributed by atoms with Crippen molar-refractivity contribution in [2.75, 3.05) is 10.6 Å². The largest absolute Gasteiger partial charge is 0.459 e. The Morgan fingerprint density at radius 2 is 1.59 bits per heavy atom. The van der Waals surface area contributed by atoms with Crippen LogP contribution in [0.5, 0.6) is 0 Å². The number of rotatable bonds is 7. The third-order valence-corrected chi connectivity index (χ3v) is 5.73. The molecule has 0 bridgehead atoms. The summed E-state index contributed by atoms with van der Waals surface area (Å²) in [5, 5.41) is 16.6. The Morgan fingerprint density at radius 3 is 2.26 bits per heavy atom. The summed E-state index contributed by atoms with van der Waals surface area (Å²) in [6.07, 6.45) is 1.38. The normalized spacial score (nSPS) is 10.5. The van der Waals surface area contributed by atoms with Gasteiger partial charge in [-0.15, -0.1) is 0 Å². The molecule has 0 aliphatic rings. The fourth-order valence-electron chi connectivity index (χ4n) is 3.02. The van der Waals surface area contributed by atoms with Gasteiger partial charge in [0.2, 0.25) is 0 Å². The SMILES string of the molecule is O=C(Nc1cccc(NC(=O)c2cc([N+](=O)[O-])ccc2Sc2ccccc2F)c1)c1ccco1. The highest BCUT2D eigenvalue weighted by atomic mass is 32.2. The molecule has 0 radical (unpaired) electrons. The molecule has 34 heavy (non-hydrogen) atoms. The maximum Gasteiger partial charge on any atom is 0.291 e. The number of non-ortho nitro benzene ring substituents is 1. The first-order valence-electron chi connectivity index (χ1n) is 9.88. The smallest absolute Gasteiger partial charge is 0.291 e. The van der Waals surface area contributed by atoms with Crippen LogP contribution in [0.4, 0.5) is 21.5 Å². The van der Waals surface area contributed by atoms with Crippen LogP contribution < -0.4 is 10.6 Å². The summed E-state index contributed by atoms with van der Waals surface area (Å²) in [6.45, 7) is 0. The molecule has 2 amide bonds. The lowest BCUT2D eigenvalue weighted by Gasteiger charge is -2.12. The zero-order valence-electron chi connectivity index (χ0n) is 17.4. The van der Waals surface area contributed by atoms with E-state index in [2.05, 4.69) is 10.6 Å². The first-order valence-corrected chi connectivity index (χ1v) is 10.7. The van der Waals surface area contributed by atoms with Crippen molar-refractivity contribution in [3.8, 4) is 0 Å². The van der Waals surface area contributed by atoms with Gasteiger partial charge in [-0.25, -0.2) is 4.39 Å². The average Bonchev–Trinajstić information content (AvgIpc) is 3.36. The van der Waals surface area contributed by atoms with Crippen molar-refractivity contribution >= 4 is 40.6 Å². The predicted octanol–water partition coefficient (Wildman–Crippen LogP) is 5.98. The Labute approximate surface area is 196 Å². The summed E-state index contributed by atoms with van der Waals surface area (Å²) in [5.41, 5.74) is 0.477. The third-order valence-electron chi connectivity index (χ3n) is 4.60. The van der Waals surface area contributed by atoms with Crippen LogP contribution in [0, 0.1) is 15.9 Å². The fraction of sp³-hybridized carbons (Fsp3) is 0. The molecule has 0 aliphatic heterocycles. The molecular weight excluding hydrogens is 461 g/mol. The minimum atomic E-state index is -0.628. The van der Waals surface area contributed by atoms with Gasteiger partial charge in [0.25, 0.3) is 17.5 Å². The van der Waals surface area contributed by atoms with Gasteiger partial charge in [-0.05, 0) is 48.5 Å². The predicted molar refractivity (Wildman–Crippen MR) is 125 cm³/mol. The van der Waals surface area contributed by atoms with Crippen molar-refractivity contribution < 1.29 is 23.3 Å². The lowest BCUT2D eigenvalue weighted by atomic mass is 10.1. The number of nitro groups is 1. The molecular formula is C24H16FN3O5S. The Balaban J connectivity index is 1.58. The number of furan rings is 1. The van der Waals surface area contributed by atoms with Gasteiger partial charge >= 0.3 is 0 Å². The van der Waals surface area contributed by atoms with E-state index in [0.717, 1.165) is 17.8 Å². The third kappa shape index (κ3) is 5.30. The van der Waals surface area contributed by atoms with Gasteiger partial charge in [-0.3, -0.25) is 19.7 Å². The molecule has 4 rings (SSSR count). The van der Waals surface area contributed by atoms with Gasteiger partial charge in [0.1, 0.15) is 5.82 Å². The van der Waals surface area contributed by atoms with Crippen molar-refractivity contribution in [1.82, 2.24) is 0 Å². The number of amides is 2. The van der Waals surface area contributed by atoms with Gasteiger partial charge < -0.3 is 15.1 Å². The summed E-state index contributed by atoms with van der Waals surface area (Å²) in [6, 6.07) is 19.3. The number of carbonyl (C=O) groups excluding carboxylic acids is 2. The second-order valence-corrected chi connectivity index (χ2v) is 8.02. The van der Waals surface area contributed by atoms with Gasteiger partial charge in [-0.2, -0.15) is 0 Å². The summed E-state index contributed by atoms with van der Waals surface area (Å²) >= 11 is 0.984. The first kappa shape index (κ1) is 22.7. The zero-order chi connectivity index (χ0) is 24.1. The van der Waals surface area contributed by atoms with Gasteiger partial charge in [0.05, 0.1) is 16.7 Å². The van der Waals surface area contributed by atoms with Crippen molar-refractivity contribution in [1.29, 1.82) is 0 Å². The summed E-state index contributed by atoms with van der Waals surface area (Å²) in [5.74, 6) is -1.44. The molecule has 3 aromatic carbocycles. The van der Waals surface area contributed by atoms with Gasteiger partial charge in [0.15, 0.2) is 5.76 Å². The van der Waals surface area contributed by atoms with Crippen LogP contribution in [-0.2, 0) is 0 Å². The van der Waals surface area contributed by atoms with Crippen molar-refractivity contribution in [3.63, 3.8) is 0 Å². The van der Waals surface area contributed by atoms with Crippen molar-refractivity contribution in [2.45, 2.75) is 9.79 Å². The maximum atomic E-state index is 14.1. The van der Waals surface area contributed by atoms with E-state index in [1.807, 2.05) is 0 Å². The molecule has 1 heterocycles. The molecule has 0 unspecified atom stereocenters. The molecule has 0 saturated heterocycles. The van der Waals surface area contributed by atoms with E-state index in [0.29, 0.717) is 16.3 Å². The highest BCUT2D eigenvalue weighted by molar-refractivity contribution is 7.99. The topological polar surface area (TPSA) is 114 Å². The molecule has 4 aromatic rings. The summed E-state index contributed by atoms with van der Waals surface area (Å²) in [4.78, 5) is 36.5. The highest BCUT2D eigenvalue weighted by Gasteiger charge is 2.19. The molecule has 10 heteroatoms. The van der Waals surface area contributed by atoms with Crippen LogP contribution in [0.2, 0.25) is 0 Å². The average molecular weight is 477 g/mol. The van der Waals surface area contributed by atoms with E-state index >= 15 is 0 Å². The Hall–Kier alpha value is -4.44. The number of nitrogens with zero attached hydrogens (tertiary/aromatic N) is 1. The second-order valence-electron chi connectivity index (χ2n) is 6.94. The molecule has 1 aromatic heterocycles. The molecule has 0 atom stereocenters. The van der Waals surface area contributed by atoms with E-state index in [-0.39, 0.29) is 21.9 Å². The van der Waals surface area contributed by atoms with Crippen LogP contribution >= 0.6 is 11.8 Å². The van der Waals surface area contributed by atoms with E-state index in [1.165, 1.54) is 36.6 Å². The van der Waals surface area contributed by atoms with E-state index in [9.17, 15) is 24.1 Å². The van der Waals surface area contributed by atoms with Crippen molar-refractivity contribution in [2.24, 2.45) is 0 Å².